The smallest absolute Gasteiger partial charge is 0.162 e. The SMILES string of the molecule is O=S1(=Nc2cccc(Br)n2)CCCC1. The molecule has 76 valence electrons. The summed E-state index contributed by atoms with van der Waals surface area (Å²) in [7, 11) is -1.98. The number of pyridine rings is 1. The van der Waals surface area contributed by atoms with Crippen molar-refractivity contribution in [3.05, 3.63) is 22.8 Å². The fourth-order valence-corrected chi connectivity index (χ4v) is 3.94. The van der Waals surface area contributed by atoms with Crippen molar-refractivity contribution in [2.75, 3.05) is 11.5 Å². The zero-order valence-corrected chi connectivity index (χ0v) is 10.1. The van der Waals surface area contributed by atoms with Gasteiger partial charge in [-0.1, -0.05) is 6.07 Å². The van der Waals surface area contributed by atoms with Crippen LogP contribution in [0.4, 0.5) is 5.82 Å². The molecule has 5 heteroatoms. The van der Waals surface area contributed by atoms with Crippen LogP contribution in [-0.4, -0.2) is 20.7 Å². The first-order chi connectivity index (χ1) is 6.68. The van der Waals surface area contributed by atoms with E-state index in [4.69, 9.17) is 0 Å². The first-order valence-corrected chi connectivity index (χ1v) is 7.18. The number of aromatic nitrogens is 1. The van der Waals surface area contributed by atoms with Crippen LogP contribution in [-0.2, 0) is 9.73 Å². The van der Waals surface area contributed by atoms with Crippen LogP contribution in [0.3, 0.4) is 0 Å². The molecule has 1 aliphatic heterocycles. The number of hydrogen-bond acceptors (Lipinski definition) is 3. The van der Waals surface area contributed by atoms with Crippen molar-refractivity contribution < 1.29 is 4.21 Å². The second-order valence-electron chi connectivity index (χ2n) is 3.30. The molecule has 3 nitrogen and oxygen atoms in total. The third-order valence-electron chi connectivity index (χ3n) is 2.14. The highest BCUT2D eigenvalue weighted by molar-refractivity contribution is 9.10. The molecule has 1 aromatic heterocycles. The zero-order valence-electron chi connectivity index (χ0n) is 7.65. The quantitative estimate of drug-likeness (QED) is 0.739. The number of hydrogen-bond donors (Lipinski definition) is 0. The van der Waals surface area contributed by atoms with Gasteiger partial charge < -0.3 is 0 Å². The molecule has 0 radical (unpaired) electrons. The summed E-state index contributed by atoms with van der Waals surface area (Å²) in [4.78, 5) is 4.15. The van der Waals surface area contributed by atoms with Gasteiger partial charge in [0.25, 0.3) is 0 Å². The van der Waals surface area contributed by atoms with Crippen LogP contribution in [0.25, 0.3) is 0 Å². The van der Waals surface area contributed by atoms with Gasteiger partial charge in [0.05, 0.1) is 9.73 Å². The summed E-state index contributed by atoms with van der Waals surface area (Å²) >= 11 is 3.27. The Morgan fingerprint density at radius 3 is 2.71 bits per heavy atom. The Hall–Kier alpha value is -0.420. The van der Waals surface area contributed by atoms with Gasteiger partial charge in [-0.05, 0) is 40.9 Å². The van der Waals surface area contributed by atoms with Crippen LogP contribution < -0.4 is 0 Å². The van der Waals surface area contributed by atoms with Crippen LogP contribution in [0.15, 0.2) is 27.2 Å². The molecule has 2 rings (SSSR count). The maximum absolute atomic E-state index is 12.0. The molecular weight excluding hydrogens is 264 g/mol. The van der Waals surface area contributed by atoms with E-state index < -0.39 is 9.73 Å². The molecule has 1 fully saturated rings. The first-order valence-electron chi connectivity index (χ1n) is 4.53. The van der Waals surface area contributed by atoms with E-state index in [0.717, 1.165) is 29.0 Å². The molecule has 0 amide bonds. The van der Waals surface area contributed by atoms with E-state index in [0.29, 0.717) is 5.82 Å². The fraction of sp³-hybridized carbons (Fsp3) is 0.444. The molecule has 1 aliphatic rings. The first kappa shape index (κ1) is 10.1. The third kappa shape index (κ3) is 2.33. The molecule has 0 aliphatic carbocycles. The minimum atomic E-state index is -1.98. The molecule has 0 atom stereocenters. The maximum atomic E-state index is 12.0. The monoisotopic (exact) mass is 274 g/mol. The fourth-order valence-electron chi connectivity index (χ4n) is 1.47. The van der Waals surface area contributed by atoms with Gasteiger partial charge in [-0.3, -0.25) is 0 Å². The molecule has 0 spiro atoms. The Labute approximate surface area is 92.3 Å². The van der Waals surface area contributed by atoms with Crippen molar-refractivity contribution >= 4 is 31.5 Å². The molecule has 14 heavy (non-hydrogen) atoms. The third-order valence-corrected chi connectivity index (χ3v) is 4.95. The highest BCUT2D eigenvalue weighted by Crippen LogP contribution is 2.20. The zero-order chi connectivity index (χ0) is 10.0. The summed E-state index contributed by atoms with van der Waals surface area (Å²) in [6.07, 6.45) is 2.05. The van der Waals surface area contributed by atoms with Gasteiger partial charge in [0.2, 0.25) is 0 Å². The van der Waals surface area contributed by atoms with Gasteiger partial charge in [0.1, 0.15) is 4.60 Å². The van der Waals surface area contributed by atoms with Crippen LogP contribution in [0.5, 0.6) is 0 Å². The van der Waals surface area contributed by atoms with E-state index in [2.05, 4.69) is 25.3 Å². The van der Waals surface area contributed by atoms with E-state index >= 15 is 0 Å². The lowest BCUT2D eigenvalue weighted by atomic mass is 10.4. The van der Waals surface area contributed by atoms with E-state index in [1.165, 1.54) is 0 Å². The van der Waals surface area contributed by atoms with E-state index in [9.17, 15) is 4.21 Å². The standard InChI is InChI=1S/C9H11BrN2OS/c10-8-4-3-5-9(11-8)12-14(13)6-1-2-7-14/h3-5H,1-2,6-7H2. The Kier molecular flexibility index (Phi) is 2.88. The molecule has 1 saturated heterocycles. The molecule has 0 unspecified atom stereocenters. The van der Waals surface area contributed by atoms with Crippen LogP contribution >= 0.6 is 15.9 Å². The average Bonchev–Trinajstić information content (AvgIpc) is 2.51. The van der Waals surface area contributed by atoms with Gasteiger partial charge >= 0.3 is 0 Å². The summed E-state index contributed by atoms with van der Waals surface area (Å²) in [5, 5.41) is 0. The van der Waals surface area contributed by atoms with E-state index in [1.807, 2.05) is 12.1 Å². The van der Waals surface area contributed by atoms with Gasteiger partial charge in [-0.25, -0.2) is 9.19 Å². The molecule has 0 bridgehead atoms. The highest BCUT2D eigenvalue weighted by Gasteiger charge is 2.16. The summed E-state index contributed by atoms with van der Waals surface area (Å²) in [6.45, 7) is 0. The molecule has 2 heterocycles. The minimum Gasteiger partial charge on any atom is -0.249 e. The van der Waals surface area contributed by atoms with Gasteiger partial charge in [0.15, 0.2) is 5.82 Å². The Bertz CT molecular complexity index is 440. The van der Waals surface area contributed by atoms with Gasteiger partial charge in [-0.2, -0.15) is 4.36 Å². The summed E-state index contributed by atoms with van der Waals surface area (Å²) in [5.74, 6) is 2.02. The average molecular weight is 275 g/mol. The summed E-state index contributed by atoms with van der Waals surface area (Å²) in [5.41, 5.74) is 0. The summed E-state index contributed by atoms with van der Waals surface area (Å²) in [6, 6.07) is 5.48. The Morgan fingerprint density at radius 1 is 1.36 bits per heavy atom. The van der Waals surface area contributed by atoms with Crippen molar-refractivity contribution in [2.24, 2.45) is 4.36 Å². The van der Waals surface area contributed by atoms with E-state index in [1.54, 1.807) is 6.07 Å². The minimum absolute atomic E-state index is 0.575. The lowest BCUT2D eigenvalue weighted by molar-refractivity contribution is 0.681. The second kappa shape index (κ2) is 3.98. The lowest BCUT2D eigenvalue weighted by Crippen LogP contribution is -1.99. The topological polar surface area (TPSA) is 42.3 Å². The lowest BCUT2D eigenvalue weighted by Gasteiger charge is -1.99. The van der Waals surface area contributed by atoms with E-state index in [-0.39, 0.29) is 0 Å². The van der Waals surface area contributed by atoms with Crippen molar-refractivity contribution in [1.82, 2.24) is 4.98 Å². The molecular formula is C9H11BrN2OS. The predicted molar refractivity (Wildman–Crippen MR) is 61.1 cm³/mol. The Morgan fingerprint density at radius 2 is 2.07 bits per heavy atom. The number of rotatable bonds is 1. The molecule has 0 aromatic carbocycles. The van der Waals surface area contributed by atoms with Crippen molar-refractivity contribution in [3.63, 3.8) is 0 Å². The normalized spacial score (nSPS) is 19.5. The van der Waals surface area contributed by atoms with Crippen LogP contribution in [0.2, 0.25) is 0 Å². The maximum Gasteiger partial charge on any atom is 0.162 e. The van der Waals surface area contributed by atoms with Crippen molar-refractivity contribution in [2.45, 2.75) is 12.8 Å². The summed E-state index contributed by atoms with van der Waals surface area (Å²) < 4.78 is 17.0. The van der Waals surface area contributed by atoms with Crippen LogP contribution in [0.1, 0.15) is 12.8 Å². The van der Waals surface area contributed by atoms with Crippen molar-refractivity contribution in [3.8, 4) is 0 Å². The molecule has 1 aromatic rings. The second-order valence-corrected chi connectivity index (χ2v) is 6.65. The highest BCUT2D eigenvalue weighted by atomic mass is 79.9. The molecule has 0 N–H and O–H groups in total. The van der Waals surface area contributed by atoms with Gasteiger partial charge in [-0.15, -0.1) is 0 Å². The van der Waals surface area contributed by atoms with Gasteiger partial charge in [0, 0.05) is 11.5 Å². The van der Waals surface area contributed by atoms with Crippen LogP contribution in [0, 0.1) is 0 Å². The Balaban J connectivity index is 2.37. The number of nitrogens with zero attached hydrogens (tertiary/aromatic N) is 2. The predicted octanol–water partition coefficient (Wildman–Crippen LogP) is 2.74. The largest absolute Gasteiger partial charge is 0.249 e. The number of halogens is 1. The van der Waals surface area contributed by atoms with Crippen molar-refractivity contribution in [1.29, 1.82) is 0 Å². The molecule has 0 saturated carbocycles.